The van der Waals surface area contributed by atoms with E-state index in [9.17, 15) is 0 Å². The topological polar surface area (TPSA) is 46.8 Å². The quantitative estimate of drug-likeness (QED) is 0.166. The Labute approximate surface area is 289 Å². The molecule has 0 bridgehead atoms. The molecule has 1 aliphatic heterocycles. The van der Waals surface area contributed by atoms with Crippen LogP contribution in [0.2, 0.25) is 0 Å². The second-order valence-electron chi connectivity index (χ2n) is 13.2. The van der Waals surface area contributed by atoms with Gasteiger partial charge in [0.1, 0.15) is 5.82 Å². The van der Waals surface area contributed by atoms with Gasteiger partial charge in [0.15, 0.2) is 0 Å². The van der Waals surface area contributed by atoms with Gasteiger partial charge < -0.3 is 9.29 Å². The Hall–Kier alpha value is -5.75. The van der Waals surface area contributed by atoms with Gasteiger partial charge in [-0.1, -0.05) is 108 Å². The first kappa shape index (κ1) is 30.6. The number of aromatic nitrogens is 4. The fourth-order valence-electron chi connectivity index (χ4n) is 7.73. The molecule has 0 aliphatic carbocycles. The number of rotatable bonds is 7. The van der Waals surface area contributed by atoms with E-state index >= 15 is 0 Å². The lowest BCUT2D eigenvalue weighted by molar-refractivity contribution is 0.665. The average Bonchev–Trinajstić information content (AvgIpc) is 3.58. The van der Waals surface area contributed by atoms with E-state index in [1.807, 2.05) is 24.5 Å². The molecule has 8 rings (SSSR count). The van der Waals surface area contributed by atoms with Crippen molar-refractivity contribution in [2.45, 2.75) is 32.1 Å². The molecule has 238 valence electrons. The molecule has 3 aromatic heterocycles. The van der Waals surface area contributed by atoms with Crippen molar-refractivity contribution in [3.63, 3.8) is 0 Å². The zero-order valence-electron chi connectivity index (χ0n) is 28.3. The number of hydrogen-bond acceptors (Lipinski definition) is 4. The maximum Gasteiger partial charge on any atom is 0.417 e. The van der Waals surface area contributed by atoms with Crippen molar-refractivity contribution in [1.82, 2.24) is 19.4 Å². The third-order valence-corrected chi connectivity index (χ3v) is 10.3. The van der Waals surface area contributed by atoms with Crippen LogP contribution in [0.3, 0.4) is 0 Å². The summed E-state index contributed by atoms with van der Waals surface area (Å²) in [6.07, 6.45) is 6.02. The number of nitrogens with zero attached hydrogens (tertiary/aromatic N) is 5. The van der Waals surface area contributed by atoms with Gasteiger partial charge in [-0.15, -0.1) is 0 Å². The Morgan fingerprint density at radius 1 is 0.653 bits per heavy atom. The summed E-state index contributed by atoms with van der Waals surface area (Å²) in [5, 5.41) is 0. The highest BCUT2D eigenvalue weighted by Gasteiger charge is 2.40. The van der Waals surface area contributed by atoms with Crippen LogP contribution < -0.4 is 10.3 Å². The lowest BCUT2D eigenvalue weighted by Gasteiger charge is -2.38. The number of benzene rings is 4. The molecule has 0 N–H and O–H groups in total. The highest BCUT2D eigenvalue weighted by molar-refractivity contribution is 6.77. The van der Waals surface area contributed by atoms with Crippen molar-refractivity contribution in [2.75, 3.05) is 11.9 Å². The number of pyridine rings is 2. The molecule has 4 heterocycles. The highest BCUT2D eigenvalue weighted by atomic mass is 15.2. The Morgan fingerprint density at radius 2 is 1.33 bits per heavy atom. The minimum Gasteiger partial charge on any atom is -0.394 e. The minimum atomic E-state index is -0.486. The molecule has 0 amide bonds. The van der Waals surface area contributed by atoms with Crippen LogP contribution in [0.25, 0.3) is 11.4 Å². The molecule has 7 aromatic rings. The molecule has 0 spiro atoms. The largest absolute Gasteiger partial charge is 0.417 e. The van der Waals surface area contributed by atoms with Gasteiger partial charge in [-0.2, -0.15) is 0 Å². The molecule has 4 aromatic carbocycles. The van der Waals surface area contributed by atoms with Gasteiger partial charge in [-0.3, -0.25) is 9.97 Å². The summed E-state index contributed by atoms with van der Waals surface area (Å²) in [5.74, 6) is 0.824. The molecule has 2 atom stereocenters. The van der Waals surface area contributed by atoms with E-state index in [0.29, 0.717) is 0 Å². The van der Waals surface area contributed by atoms with Crippen LogP contribution in [0.4, 0.5) is 5.69 Å². The normalized spacial score (nSPS) is 14.1. The van der Waals surface area contributed by atoms with Gasteiger partial charge in [0.25, 0.3) is 0 Å². The van der Waals surface area contributed by atoms with Gasteiger partial charge in [0.2, 0.25) is 0 Å². The summed E-state index contributed by atoms with van der Waals surface area (Å²) in [6.45, 7) is 6.63. The summed E-state index contributed by atoms with van der Waals surface area (Å²) < 4.78 is 2.39. The smallest absolute Gasteiger partial charge is 0.394 e. The summed E-state index contributed by atoms with van der Waals surface area (Å²) in [5.41, 5.74) is 12.0. The van der Waals surface area contributed by atoms with Gasteiger partial charge >= 0.3 is 6.98 Å². The SMILES string of the molecule is Cc1cccc(C)c1B1N(C)c2ccc(C(C)(c3ccccc3)c3ccccn3)cc2-c2nc([C@@H](c3ccccc3)c3ccccn3)cn21. The second-order valence-corrected chi connectivity index (χ2v) is 13.2. The predicted octanol–water partition coefficient (Wildman–Crippen LogP) is 8.18. The molecule has 0 radical (unpaired) electrons. The molecule has 5 nitrogen and oxygen atoms in total. The van der Waals surface area contributed by atoms with Crippen LogP contribution in [-0.2, 0) is 5.41 Å². The van der Waals surface area contributed by atoms with Crippen molar-refractivity contribution in [1.29, 1.82) is 0 Å². The van der Waals surface area contributed by atoms with E-state index in [4.69, 9.17) is 15.0 Å². The summed E-state index contributed by atoms with van der Waals surface area (Å²) in [4.78, 5) is 17.7. The van der Waals surface area contributed by atoms with Crippen molar-refractivity contribution in [2.24, 2.45) is 0 Å². The van der Waals surface area contributed by atoms with Crippen LogP contribution in [0.1, 0.15) is 57.7 Å². The van der Waals surface area contributed by atoms with Crippen LogP contribution in [0.15, 0.2) is 152 Å². The van der Waals surface area contributed by atoms with Gasteiger partial charge in [0, 0.05) is 29.8 Å². The van der Waals surface area contributed by atoms with E-state index in [2.05, 4.69) is 165 Å². The Morgan fingerprint density at radius 3 is 2.00 bits per heavy atom. The molecule has 49 heavy (non-hydrogen) atoms. The van der Waals surface area contributed by atoms with Crippen LogP contribution in [-0.4, -0.2) is 33.5 Å². The van der Waals surface area contributed by atoms with E-state index < -0.39 is 5.41 Å². The third kappa shape index (κ3) is 5.15. The van der Waals surface area contributed by atoms with Crippen molar-refractivity contribution in [3.8, 4) is 11.4 Å². The fourth-order valence-corrected chi connectivity index (χ4v) is 7.73. The van der Waals surface area contributed by atoms with Crippen LogP contribution in [0.5, 0.6) is 0 Å². The van der Waals surface area contributed by atoms with Gasteiger partial charge in [0.05, 0.1) is 28.4 Å². The molecule has 1 aliphatic rings. The zero-order chi connectivity index (χ0) is 33.5. The van der Waals surface area contributed by atoms with E-state index in [-0.39, 0.29) is 12.9 Å². The molecule has 6 heteroatoms. The highest BCUT2D eigenvalue weighted by Crippen LogP contribution is 2.44. The molecule has 0 saturated carbocycles. The van der Waals surface area contributed by atoms with Gasteiger partial charge in [-0.25, -0.2) is 4.98 Å². The maximum absolute atomic E-state index is 5.56. The third-order valence-electron chi connectivity index (χ3n) is 10.3. The number of aryl methyl sites for hydroxylation is 2. The monoisotopic (exact) mass is 635 g/mol. The Bertz CT molecular complexity index is 2130. The Balaban J connectivity index is 1.38. The van der Waals surface area contributed by atoms with Crippen LogP contribution >= 0.6 is 0 Å². The van der Waals surface area contributed by atoms with Crippen LogP contribution in [0, 0.1) is 13.8 Å². The van der Waals surface area contributed by atoms with Crippen molar-refractivity contribution < 1.29 is 0 Å². The molecule has 1 unspecified atom stereocenters. The lowest BCUT2D eigenvalue weighted by Crippen LogP contribution is -2.56. The second kappa shape index (κ2) is 12.4. The Kier molecular flexibility index (Phi) is 7.72. The van der Waals surface area contributed by atoms with E-state index in [1.54, 1.807) is 0 Å². The number of anilines is 1. The standard InChI is InChI=1S/C43H38BN5/c1-30-16-15-17-31(2)41(30)44-48(4)38-25-24-34(43(3,33-20-9-6-10-21-33)39-23-12-14-27-46-39)28-35(38)42-47-37(29-49(42)44)40(32-18-7-5-8-19-32)36-22-11-13-26-45-36/h5-29,40H,1-4H3/t40-,43?/m0/s1. The molecular weight excluding hydrogens is 597 g/mol. The lowest BCUT2D eigenvalue weighted by atomic mass is 9.60. The summed E-state index contributed by atoms with van der Waals surface area (Å²) in [7, 11) is 2.21. The summed E-state index contributed by atoms with van der Waals surface area (Å²) >= 11 is 0. The predicted molar refractivity (Wildman–Crippen MR) is 201 cm³/mol. The first-order chi connectivity index (χ1) is 23.9. The first-order valence-electron chi connectivity index (χ1n) is 16.9. The van der Waals surface area contributed by atoms with E-state index in [1.165, 1.54) is 22.2 Å². The molecular formula is C43H38BN5. The minimum absolute atomic E-state index is 0.0766. The van der Waals surface area contributed by atoms with Gasteiger partial charge in [-0.05, 0) is 86.4 Å². The summed E-state index contributed by atoms with van der Waals surface area (Å²) in [6, 6.07) is 47.1. The number of hydrogen-bond donors (Lipinski definition) is 0. The number of fused-ring (bicyclic) bond motifs is 3. The molecule has 0 fully saturated rings. The first-order valence-corrected chi connectivity index (χ1v) is 16.9. The maximum atomic E-state index is 5.56. The zero-order valence-corrected chi connectivity index (χ0v) is 28.3. The van der Waals surface area contributed by atoms with E-state index in [0.717, 1.165) is 45.3 Å². The fraction of sp³-hybridized carbons (Fsp3) is 0.140. The number of imidazole rings is 1. The van der Waals surface area contributed by atoms with Crippen molar-refractivity contribution in [3.05, 3.63) is 197 Å². The average molecular weight is 636 g/mol. The molecule has 0 saturated heterocycles. The van der Waals surface area contributed by atoms with Crippen molar-refractivity contribution >= 4 is 18.1 Å².